The van der Waals surface area contributed by atoms with Crippen LogP contribution in [0, 0.1) is 23.2 Å². The van der Waals surface area contributed by atoms with Crippen molar-refractivity contribution in [2.75, 3.05) is 0 Å². The molecule has 31 heavy (non-hydrogen) atoms. The van der Waals surface area contributed by atoms with Gasteiger partial charge in [0.1, 0.15) is 18.3 Å². The van der Waals surface area contributed by atoms with Gasteiger partial charge in [-0.3, -0.25) is 0 Å². The number of hydrogen-bond donors (Lipinski definition) is 0. The van der Waals surface area contributed by atoms with Crippen molar-refractivity contribution < 1.29 is 28.6 Å². The van der Waals surface area contributed by atoms with Gasteiger partial charge in [-0.1, -0.05) is 32.1 Å². The molecule has 2 saturated carbocycles. The van der Waals surface area contributed by atoms with E-state index in [4.69, 9.17) is 14.2 Å². The van der Waals surface area contributed by atoms with E-state index in [1.807, 2.05) is 13.8 Å². The topological polar surface area (TPSA) is 78.9 Å². The van der Waals surface area contributed by atoms with E-state index in [2.05, 4.69) is 20.4 Å². The lowest BCUT2D eigenvalue weighted by atomic mass is 9.69. The van der Waals surface area contributed by atoms with Gasteiger partial charge < -0.3 is 14.2 Å². The van der Waals surface area contributed by atoms with Crippen molar-refractivity contribution >= 4 is 17.9 Å². The van der Waals surface area contributed by atoms with Gasteiger partial charge in [0.2, 0.25) is 0 Å². The molecule has 0 aromatic carbocycles. The maximum absolute atomic E-state index is 12.6. The Balaban J connectivity index is 1.97. The molecule has 0 unspecified atom stereocenters. The molecule has 1 saturated heterocycles. The summed E-state index contributed by atoms with van der Waals surface area (Å²) in [5.74, 6) is -1.13. The zero-order valence-corrected chi connectivity index (χ0v) is 19.4. The first-order valence-electron chi connectivity index (χ1n) is 11.1. The molecular weight excluding hydrogens is 396 g/mol. The fourth-order valence-corrected chi connectivity index (χ4v) is 5.74. The molecule has 6 heteroatoms. The van der Waals surface area contributed by atoms with Crippen LogP contribution in [0.15, 0.2) is 35.5 Å². The Kier molecular flexibility index (Phi) is 6.49. The first-order valence-corrected chi connectivity index (χ1v) is 11.1. The van der Waals surface area contributed by atoms with E-state index < -0.39 is 11.5 Å². The van der Waals surface area contributed by atoms with E-state index in [1.165, 1.54) is 6.08 Å². The summed E-state index contributed by atoms with van der Waals surface area (Å²) in [7, 11) is 0. The third-order valence-electron chi connectivity index (χ3n) is 7.32. The first-order chi connectivity index (χ1) is 14.5. The Hall–Kier alpha value is -2.37. The third kappa shape index (κ3) is 4.35. The molecule has 6 nitrogen and oxygen atoms in total. The maximum Gasteiger partial charge on any atom is 0.334 e. The average molecular weight is 431 g/mol. The second-order valence-electron chi connectivity index (χ2n) is 9.82. The van der Waals surface area contributed by atoms with E-state index in [0.29, 0.717) is 30.4 Å². The average Bonchev–Trinajstić information content (AvgIpc) is 3.03. The minimum Gasteiger partial charge on any atom is -0.459 e. The van der Waals surface area contributed by atoms with Crippen molar-refractivity contribution in [3.8, 4) is 0 Å². The van der Waals surface area contributed by atoms with Crippen LogP contribution in [0.5, 0.6) is 0 Å². The van der Waals surface area contributed by atoms with Crippen LogP contribution in [0.4, 0.5) is 0 Å². The number of hydrogen-bond acceptors (Lipinski definition) is 6. The largest absolute Gasteiger partial charge is 0.459 e. The van der Waals surface area contributed by atoms with Crippen LogP contribution in [0.25, 0.3) is 0 Å². The van der Waals surface area contributed by atoms with Gasteiger partial charge in [-0.2, -0.15) is 0 Å². The van der Waals surface area contributed by atoms with Crippen LogP contribution in [-0.4, -0.2) is 36.2 Å². The smallest absolute Gasteiger partial charge is 0.334 e. The summed E-state index contributed by atoms with van der Waals surface area (Å²) >= 11 is 0. The van der Waals surface area contributed by atoms with Crippen molar-refractivity contribution in [1.29, 1.82) is 0 Å². The zero-order valence-electron chi connectivity index (χ0n) is 19.4. The van der Waals surface area contributed by atoms with E-state index in [9.17, 15) is 14.4 Å². The van der Waals surface area contributed by atoms with Gasteiger partial charge >= 0.3 is 17.9 Å². The molecule has 3 rings (SSSR count). The highest BCUT2D eigenvalue weighted by Gasteiger charge is 2.61. The molecule has 3 aliphatic rings. The summed E-state index contributed by atoms with van der Waals surface area (Å²) in [6, 6.07) is 0. The fourth-order valence-electron chi connectivity index (χ4n) is 5.74. The molecule has 0 amide bonds. The lowest BCUT2D eigenvalue weighted by Gasteiger charge is -2.39. The second kappa shape index (κ2) is 8.64. The third-order valence-corrected chi connectivity index (χ3v) is 7.32. The Bertz CT molecular complexity index is 848. The van der Waals surface area contributed by atoms with E-state index in [1.54, 1.807) is 19.9 Å². The van der Waals surface area contributed by atoms with E-state index >= 15 is 0 Å². The Morgan fingerprint density at radius 2 is 1.87 bits per heavy atom. The molecule has 0 spiro atoms. The first kappa shape index (κ1) is 23.3. The molecule has 0 N–H and O–H groups in total. The van der Waals surface area contributed by atoms with Gasteiger partial charge in [0, 0.05) is 40.9 Å². The van der Waals surface area contributed by atoms with Crippen molar-refractivity contribution in [3.63, 3.8) is 0 Å². The van der Waals surface area contributed by atoms with Crippen LogP contribution < -0.4 is 0 Å². The summed E-state index contributed by atoms with van der Waals surface area (Å²) in [6.07, 6.45) is 3.86. The van der Waals surface area contributed by atoms with Crippen molar-refractivity contribution in [3.05, 3.63) is 35.5 Å². The van der Waals surface area contributed by atoms with E-state index in [0.717, 1.165) is 5.57 Å². The van der Waals surface area contributed by atoms with Gasteiger partial charge in [-0.15, -0.1) is 0 Å². The molecule has 1 heterocycles. The number of esters is 3. The number of carbonyl (C=O) groups excluding carboxylic acids is 3. The van der Waals surface area contributed by atoms with Gasteiger partial charge in [-0.05, 0) is 46.5 Å². The highest BCUT2D eigenvalue weighted by atomic mass is 16.6. The molecular formula is C25H34O6. The number of carbonyl (C=O) groups is 3. The maximum atomic E-state index is 12.6. The summed E-state index contributed by atoms with van der Waals surface area (Å²) in [6.45, 7) is 15.4. The highest BCUT2D eigenvalue weighted by Crippen LogP contribution is 2.58. The summed E-state index contributed by atoms with van der Waals surface area (Å²) in [5.41, 5.74) is 1.41. The molecule has 170 valence electrons. The highest BCUT2D eigenvalue weighted by molar-refractivity contribution is 5.91. The van der Waals surface area contributed by atoms with Crippen molar-refractivity contribution in [2.45, 2.75) is 79.1 Å². The second-order valence-corrected chi connectivity index (χ2v) is 9.82. The molecule has 0 radical (unpaired) electrons. The Morgan fingerprint density at radius 1 is 1.19 bits per heavy atom. The van der Waals surface area contributed by atoms with Gasteiger partial charge in [0.15, 0.2) is 0 Å². The summed E-state index contributed by atoms with van der Waals surface area (Å²) in [4.78, 5) is 37.3. The molecule has 0 bridgehead atoms. The molecule has 0 aromatic heterocycles. The van der Waals surface area contributed by atoms with Crippen molar-refractivity contribution in [2.24, 2.45) is 23.2 Å². The fraction of sp³-hybridized carbons (Fsp3) is 0.640. The van der Waals surface area contributed by atoms with Gasteiger partial charge in [0.25, 0.3) is 0 Å². The summed E-state index contributed by atoms with van der Waals surface area (Å²) < 4.78 is 17.5. The molecule has 1 aliphatic heterocycles. The van der Waals surface area contributed by atoms with Crippen molar-refractivity contribution in [1.82, 2.24) is 0 Å². The van der Waals surface area contributed by atoms with Crippen LogP contribution in [0.1, 0.15) is 60.8 Å². The van der Waals surface area contributed by atoms with Crippen LogP contribution in [0.2, 0.25) is 0 Å². The molecule has 7 atom stereocenters. The van der Waals surface area contributed by atoms with Gasteiger partial charge in [-0.25, -0.2) is 14.4 Å². The monoisotopic (exact) mass is 430 g/mol. The number of allylic oxidation sites excluding steroid dienone is 2. The predicted octanol–water partition coefficient (Wildman–Crippen LogP) is 4.30. The number of fused-ring (bicyclic) bond motifs is 2. The standard InChI is InChI=1S/C25H34O6/c1-8-14(4)23(27)31-20-11-19(29-21(26)9-13(2)3)22-15(5)10-18-17(12-25(20,22)7)16(6)24(28)30-18/h8-9,15,17-20,22H,6,10-12H2,1-5,7H3/b14-8-/t15-,17-,18+,19+,20-,22-,25-/m1/s1. The minimum absolute atomic E-state index is 0.0252. The number of rotatable bonds is 4. The minimum atomic E-state index is -0.477. The van der Waals surface area contributed by atoms with Crippen LogP contribution in [0.3, 0.4) is 0 Å². The van der Waals surface area contributed by atoms with Crippen LogP contribution in [-0.2, 0) is 28.6 Å². The lowest BCUT2D eigenvalue weighted by molar-refractivity contribution is -0.151. The Morgan fingerprint density at radius 3 is 2.48 bits per heavy atom. The summed E-state index contributed by atoms with van der Waals surface area (Å²) in [5, 5.41) is 0. The molecule has 3 fully saturated rings. The SMILES string of the molecule is C=C1C(=O)O[C@H]2C[C@@H](C)[C@@H]3[C@@H](OC(=O)C=C(C)C)C[C@@H](OC(=O)/C(C)=C\C)[C@@]3(C)C[C@H]12. The lowest BCUT2D eigenvalue weighted by Crippen LogP contribution is -2.40. The van der Waals surface area contributed by atoms with E-state index in [-0.39, 0.29) is 47.9 Å². The van der Waals surface area contributed by atoms with Crippen LogP contribution >= 0.6 is 0 Å². The van der Waals surface area contributed by atoms with Gasteiger partial charge in [0.05, 0.1) is 0 Å². The predicted molar refractivity (Wildman–Crippen MR) is 116 cm³/mol. The molecule has 2 aliphatic carbocycles. The quantitative estimate of drug-likeness (QED) is 0.376. The normalized spacial score (nSPS) is 37.3. The Labute approximate surface area is 184 Å². The molecule has 0 aromatic rings. The zero-order chi connectivity index (χ0) is 23.1. The number of ether oxygens (including phenoxy) is 3.